The number of aryl methyl sites for hydroxylation is 2. The van der Waals surface area contributed by atoms with Crippen LogP contribution in [0.15, 0.2) is 95.0 Å². The van der Waals surface area contributed by atoms with Gasteiger partial charge < -0.3 is 40.7 Å². The van der Waals surface area contributed by atoms with E-state index in [1.54, 1.807) is 72.5 Å². The molecule has 486 valence electrons. The van der Waals surface area contributed by atoms with Crippen molar-refractivity contribution in [2.75, 3.05) is 45.4 Å². The van der Waals surface area contributed by atoms with Gasteiger partial charge in [0.1, 0.15) is 32.3 Å². The number of carbonyl (C=O) groups is 3. The zero-order valence-electron chi connectivity index (χ0n) is 54.4. The van der Waals surface area contributed by atoms with Crippen LogP contribution in [0.3, 0.4) is 0 Å². The maximum atomic E-state index is 13.6. The van der Waals surface area contributed by atoms with E-state index < -0.39 is 31.9 Å². The Bertz CT molecular complexity index is 3640. The molecule has 6 heterocycles. The van der Waals surface area contributed by atoms with Crippen molar-refractivity contribution in [2.24, 2.45) is 22.7 Å². The normalized spacial score (nSPS) is 17.3. The number of hydrogen-bond acceptors (Lipinski definition) is 19. The van der Waals surface area contributed by atoms with Crippen LogP contribution >= 0.6 is 51.0 Å². The van der Waals surface area contributed by atoms with Gasteiger partial charge in [0.15, 0.2) is 11.6 Å². The van der Waals surface area contributed by atoms with Gasteiger partial charge in [-0.1, -0.05) is 51.4 Å². The Labute approximate surface area is 640 Å². The third-order valence-electron chi connectivity index (χ3n) is 15.0. The third-order valence-corrected chi connectivity index (χ3v) is 18.0. The number of nitrogens with zero attached hydrogens (tertiary/aromatic N) is 7. The van der Waals surface area contributed by atoms with E-state index in [0.29, 0.717) is 60.4 Å². The van der Waals surface area contributed by atoms with Gasteiger partial charge in [0.05, 0.1) is 38.6 Å². The molecule has 3 N–H and O–H groups in total. The first kappa shape index (κ1) is 83.0. The molecule has 6 aromatic rings. The largest absolute Gasteiger partial charge is 1.00 e. The van der Waals surface area contributed by atoms with Crippen molar-refractivity contribution in [3.63, 3.8) is 0 Å². The number of carbonyl (C=O) groups excluding carboxylic acids is 3. The number of amides is 2. The van der Waals surface area contributed by atoms with Gasteiger partial charge in [-0.05, 0) is 158 Å². The van der Waals surface area contributed by atoms with Crippen molar-refractivity contribution in [2.45, 2.75) is 129 Å². The zero-order chi connectivity index (χ0) is 62.3. The second-order valence-corrected chi connectivity index (χ2v) is 27.8. The summed E-state index contributed by atoms with van der Waals surface area (Å²) in [6.45, 7) is 24.0. The Morgan fingerprint density at radius 2 is 1.13 bits per heavy atom. The van der Waals surface area contributed by atoms with E-state index in [1.165, 1.54) is 56.1 Å². The molecule has 2 amide bonds. The first-order chi connectivity index (χ1) is 39.9. The quantitative estimate of drug-likeness (QED) is 0.0366. The number of rotatable bonds is 18. The van der Waals surface area contributed by atoms with Crippen LogP contribution in [-0.4, -0.2) is 116 Å². The van der Waals surface area contributed by atoms with Gasteiger partial charge in [-0.25, -0.2) is 45.6 Å². The molecule has 0 bridgehead atoms. The van der Waals surface area contributed by atoms with Crippen LogP contribution in [0.5, 0.6) is 23.3 Å². The summed E-state index contributed by atoms with van der Waals surface area (Å²) in [6.07, 6.45) is 10.2. The molecule has 31 heteroatoms. The first-order valence-electron chi connectivity index (χ1n) is 27.7. The molecule has 0 spiro atoms. The van der Waals surface area contributed by atoms with Crippen LogP contribution in [0.25, 0.3) is 11.6 Å². The summed E-state index contributed by atoms with van der Waals surface area (Å²) in [5.74, 6) is 2.07. The molecule has 0 radical (unpaired) electrons. The summed E-state index contributed by atoms with van der Waals surface area (Å²) in [4.78, 5) is 48.3. The SMILES string of the molecule is COc1cc(C)ccc1S(=O)(=O)NC(=O)c1ccc(-n2ccc(OCC3(C)CC3)n2)nc1Cl.COc1cc(C)ccc1S(=O)(=O)NC(=O)c1ccc(-n2ccc(OCC3(C)CC3)n2)nc1N1C[C@@H](C)CC1(C)C.C[C@@H]1CNC(C)(C)C1.Cl.O=CO[O-].S.S.[H-].[K+].[K+]. The van der Waals surface area contributed by atoms with E-state index >= 15 is 0 Å². The first-order valence-corrected chi connectivity index (χ1v) is 31.0. The fraction of sp³-hybridized carbons (Fsp3) is 0.475. The molecule has 10 rings (SSSR count). The molecule has 2 aromatic carbocycles. The summed E-state index contributed by atoms with van der Waals surface area (Å²) < 4.78 is 81.4. The predicted octanol–water partition coefficient (Wildman–Crippen LogP) is 2.64. The average molecular weight is 1420 g/mol. The number of aromatic nitrogens is 6. The van der Waals surface area contributed by atoms with Gasteiger partial charge in [-0.15, -0.1) is 22.6 Å². The van der Waals surface area contributed by atoms with Crippen LogP contribution < -0.4 is 147 Å². The number of halogens is 2. The molecular formula is C59H82Cl2K2N10O13S4. The van der Waals surface area contributed by atoms with Gasteiger partial charge in [-0.2, -0.15) is 27.0 Å². The Morgan fingerprint density at radius 1 is 0.700 bits per heavy atom. The van der Waals surface area contributed by atoms with Crippen molar-refractivity contribution in [1.29, 1.82) is 0 Å². The number of sulfonamides is 2. The topological polar surface area (TPSA) is 289 Å². The maximum Gasteiger partial charge on any atom is 1.00 e. The molecule has 4 aliphatic rings. The van der Waals surface area contributed by atoms with Gasteiger partial charge in [0.2, 0.25) is 11.8 Å². The molecule has 2 aliphatic carbocycles. The number of methoxy groups -OCH3 is 2. The van der Waals surface area contributed by atoms with Crippen LogP contribution in [0.2, 0.25) is 5.15 Å². The minimum atomic E-state index is -4.22. The number of anilines is 1. The molecule has 2 saturated heterocycles. The molecule has 0 unspecified atom stereocenters. The minimum absolute atomic E-state index is 0. The van der Waals surface area contributed by atoms with Crippen LogP contribution in [0.1, 0.15) is 127 Å². The molecule has 90 heavy (non-hydrogen) atoms. The Kier molecular flexibility index (Phi) is 32.4. The van der Waals surface area contributed by atoms with E-state index in [-0.39, 0.29) is 204 Å². The van der Waals surface area contributed by atoms with Crippen molar-refractivity contribution >= 4 is 95.2 Å². The molecule has 4 aromatic heterocycles. The minimum Gasteiger partial charge on any atom is -1.00 e. The average Bonchev–Trinajstić information content (AvgIpc) is 1.71. The zero-order valence-corrected chi connectivity index (χ0v) is 64.9. The smallest absolute Gasteiger partial charge is 1.00 e. The van der Waals surface area contributed by atoms with Crippen LogP contribution in [-0.2, 0) is 29.7 Å². The predicted molar refractivity (Wildman–Crippen MR) is 346 cm³/mol. The Morgan fingerprint density at radius 3 is 1.49 bits per heavy atom. The van der Waals surface area contributed by atoms with E-state index in [2.05, 4.69) is 90.4 Å². The van der Waals surface area contributed by atoms with Gasteiger partial charge in [0, 0.05) is 53.0 Å². The van der Waals surface area contributed by atoms with Crippen molar-refractivity contribution in [1.82, 2.24) is 44.3 Å². The van der Waals surface area contributed by atoms with Crippen LogP contribution in [0.4, 0.5) is 5.82 Å². The van der Waals surface area contributed by atoms with Crippen molar-refractivity contribution in [3.8, 4) is 34.9 Å². The number of pyridine rings is 2. The summed E-state index contributed by atoms with van der Waals surface area (Å²) in [7, 11) is -5.68. The van der Waals surface area contributed by atoms with E-state index in [4.69, 9.17) is 45.6 Å². The van der Waals surface area contributed by atoms with Gasteiger partial charge in [-0.3, -0.25) is 14.4 Å². The molecular weight excluding hydrogens is 1330 g/mol. The fourth-order valence-corrected chi connectivity index (χ4v) is 12.3. The summed E-state index contributed by atoms with van der Waals surface area (Å²) in [5, 5.41) is 20.6. The summed E-state index contributed by atoms with van der Waals surface area (Å²) in [5.41, 5.74) is 2.29. The van der Waals surface area contributed by atoms with E-state index in [0.717, 1.165) is 49.1 Å². The third kappa shape index (κ3) is 22.8. The fourth-order valence-electron chi connectivity index (χ4n) is 9.79. The van der Waals surface area contributed by atoms with Gasteiger partial charge in [0.25, 0.3) is 38.3 Å². The monoisotopic (exact) mass is 1410 g/mol. The molecule has 2 aliphatic heterocycles. The second-order valence-electron chi connectivity index (χ2n) is 24.1. The summed E-state index contributed by atoms with van der Waals surface area (Å²) in [6, 6.07) is 18.9. The van der Waals surface area contributed by atoms with E-state index in [9.17, 15) is 26.4 Å². The molecule has 23 nitrogen and oxygen atoms in total. The Balaban J connectivity index is 0.000000735. The molecule has 4 fully saturated rings. The van der Waals surface area contributed by atoms with Crippen molar-refractivity contribution in [3.05, 3.63) is 113 Å². The molecule has 2 atom stereocenters. The number of benzene rings is 2. The number of nitrogens with one attached hydrogen (secondary N) is 3. The van der Waals surface area contributed by atoms with Crippen molar-refractivity contribution < 1.29 is 165 Å². The number of ether oxygens (including phenoxy) is 4. The maximum absolute atomic E-state index is 13.6. The van der Waals surface area contributed by atoms with E-state index in [1.807, 2.05) is 11.6 Å². The standard InChI is InChI=1S/C29H37N5O5S.C22H23ClN4O5S.C7H15N.CH2O3.ClH.2K.2H2S.H/c1-19-7-9-23(22(15-19)38-6)40(36,37)32-27(35)21-8-10-24(30-26(21)33-17-20(2)16-28(33,3)4)34-14-11-25(31-34)39-18-29(5)12-13-29;1-14-4-6-17(16(12-14)31-3)33(29,30)26-21(28)15-5-7-18(24-20(15)23)27-11-8-19(25-27)32-13-22(2)9-10-22;1-6-4-7(2,3)8-5-6;2-1-4-3;;;;;;/h7-11,14-15,20H,12-13,16-18H2,1-6H3,(H,32,35);4-8,11-12H,9-10,13H2,1-3H3,(H,26,28);6,8H,4-5H2,1-3H3;1,3H;1H;;;2*1H2;/q;;;;;2*+1;;;-1/p-1/t20-;;6-;;;;;;;/m0.0......./s1. The van der Waals surface area contributed by atoms with Gasteiger partial charge >= 0.3 is 103 Å². The summed E-state index contributed by atoms with van der Waals surface area (Å²) >= 11 is 6.20. The van der Waals surface area contributed by atoms with Crippen LogP contribution in [0, 0.1) is 36.5 Å². The number of hydrogen-bond donors (Lipinski definition) is 3. The Hall–Kier alpha value is -3.06. The second kappa shape index (κ2) is 35.1. The molecule has 2 saturated carbocycles.